The Morgan fingerprint density at radius 1 is 1.14 bits per heavy atom. The first-order valence-corrected chi connectivity index (χ1v) is 8.48. The van der Waals surface area contributed by atoms with Gasteiger partial charge in [0.1, 0.15) is 6.04 Å². The van der Waals surface area contributed by atoms with Crippen LogP contribution >= 0.6 is 0 Å². The van der Waals surface area contributed by atoms with Crippen LogP contribution < -0.4 is 5.32 Å². The van der Waals surface area contributed by atoms with Crippen LogP contribution in [-0.4, -0.2) is 59.7 Å². The second kappa shape index (κ2) is 6.26. The third-order valence-electron chi connectivity index (χ3n) is 5.01. The molecule has 0 spiro atoms. The summed E-state index contributed by atoms with van der Waals surface area (Å²) in [5.74, 6) is 0.286. The molecular weight excluding hydrogens is 282 g/mol. The molecule has 3 rings (SSSR count). The lowest BCUT2D eigenvalue weighted by molar-refractivity contribution is -0.149. The monoisotopic (exact) mass is 307 g/mol. The first kappa shape index (κ1) is 15.3. The lowest BCUT2D eigenvalue weighted by Gasteiger charge is -2.39. The van der Waals surface area contributed by atoms with Gasteiger partial charge in [0.05, 0.1) is 5.92 Å². The Bertz CT molecular complexity index is 475. The number of nitrogens with zero attached hydrogens (tertiary/aromatic N) is 2. The summed E-state index contributed by atoms with van der Waals surface area (Å²) in [7, 11) is 0. The van der Waals surface area contributed by atoms with Crippen molar-refractivity contribution < 1.29 is 14.4 Å². The van der Waals surface area contributed by atoms with Crippen molar-refractivity contribution in [2.75, 3.05) is 26.2 Å². The molecule has 6 heteroatoms. The largest absolute Gasteiger partial charge is 0.353 e. The van der Waals surface area contributed by atoms with Gasteiger partial charge in [0.15, 0.2) is 0 Å². The van der Waals surface area contributed by atoms with Crippen LogP contribution in [0.3, 0.4) is 0 Å². The minimum atomic E-state index is -0.351. The highest BCUT2D eigenvalue weighted by molar-refractivity contribution is 5.90. The van der Waals surface area contributed by atoms with Crippen LogP contribution in [0.2, 0.25) is 0 Å². The number of carbonyl (C=O) groups excluding carboxylic acids is 3. The van der Waals surface area contributed by atoms with E-state index >= 15 is 0 Å². The van der Waals surface area contributed by atoms with Crippen LogP contribution in [0.15, 0.2) is 0 Å². The molecule has 22 heavy (non-hydrogen) atoms. The summed E-state index contributed by atoms with van der Waals surface area (Å²) in [6.45, 7) is 4.34. The Kier molecular flexibility index (Phi) is 4.36. The average Bonchev–Trinajstić information content (AvgIpc) is 3.38. The molecule has 0 aromatic rings. The highest BCUT2D eigenvalue weighted by Gasteiger charge is 2.40. The van der Waals surface area contributed by atoms with Crippen LogP contribution in [0, 0.1) is 11.8 Å². The van der Waals surface area contributed by atoms with E-state index in [2.05, 4.69) is 5.32 Å². The van der Waals surface area contributed by atoms with Crippen molar-refractivity contribution in [3.63, 3.8) is 0 Å². The zero-order valence-electron chi connectivity index (χ0n) is 13.2. The maximum absolute atomic E-state index is 12.8. The number of hydrogen-bond donors (Lipinski definition) is 1. The van der Waals surface area contributed by atoms with Crippen molar-refractivity contribution in [3.8, 4) is 0 Å². The van der Waals surface area contributed by atoms with Gasteiger partial charge in [0.25, 0.3) is 0 Å². The molecule has 3 amide bonds. The van der Waals surface area contributed by atoms with E-state index in [1.165, 1.54) is 0 Å². The fourth-order valence-corrected chi connectivity index (χ4v) is 3.59. The van der Waals surface area contributed by atoms with E-state index in [1.54, 1.807) is 4.90 Å². The quantitative estimate of drug-likeness (QED) is 0.819. The SMILES string of the molecule is CCC1C(=O)NCCN1C(=O)C1CCCN(C(=O)C2CC2)C1. The molecule has 2 heterocycles. The zero-order valence-corrected chi connectivity index (χ0v) is 13.2. The van der Waals surface area contributed by atoms with Crippen molar-refractivity contribution >= 4 is 17.7 Å². The third kappa shape index (κ3) is 2.96. The lowest BCUT2D eigenvalue weighted by atomic mass is 9.94. The highest BCUT2D eigenvalue weighted by atomic mass is 16.2. The van der Waals surface area contributed by atoms with E-state index in [4.69, 9.17) is 0 Å². The summed E-state index contributed by atoms with van der Waals surface area (Å²) in [6, 6.07) is -0.351. The van der Waals surface area contributed by atoms with Crippen molar-refractivity contribution in [1.29, 1.82) is 0 Å². The number of nitrogens with one attached hydrogen (secondary N) is 1. The van der Waals surface area contributed by atoms with Gasteiger partial charge in [0.2, 0.25) is 17.7 Å². The van der Waals surface area contributed by atoms with Gasteiger partial charge < -0.3 is 15.1 Å². The minimum absolute atomic E-state index is 0.0509. The summed E-state index contributed by atoms with van der Waals surface area (Å²) in [5.41, 5.74) is 0. The van der Waals surface area contributed by atoms with Crippen LogP contribution in [0.4, 0.5) is 0 Å². The van der Waals surface area contributed by atoms with Crippen molar-refractivity contribution in [2.24, 2.45) is 11.8 Å². The lowest BCUT2D eigenvalue weighted by Crippen LogP contribution is -2.59. The molecule has 6 nitrogen and oxygen atoms in total. The molecule has 0 aromatic heterocycles. The van der Waals surface area contributed by atoms with Gasteiger partial charge in [-0.25, -0.2) is 0 Å². The average molecular weight is 307 g/mol. The fourth-order valence-electron chi connectivity index (χ4n) is 3.59. The van der Waals surface area contributed by atoms with E-state index in [0.29, 0.717) is 26.1 Å². The van der Waals surface area contributed by atoms with Crippen molar-refractivity contribution in [3.05, 3.63) is 0 Å². The van der Waals surface area contributed by atoms with Gasteiger partial charge >= 0.3 is 0 Å². The van der Waals surface area contributed by atoms with Crippen LogP contribution in [-0.2, 0) is 14.4 Å². The van der Waals surface area contributed by atoms with E-state index in [0.717, 1.165) is 32.2 Å². The Labute approximate surface area is 131 Å². The molecular formula is C16H25N3O3. The molecule has 1 N–H and O–H groups in total. The highest BCUT2D eigenvalue weighted by Crippen LogP contribution is 2.33. The second-order valence-electron chi connectivity index (χ2n) is 6.64. The molecule has 0 radical (unpaired) electrons. The molecule has 0 aromatic carbocycles. The summed E-state index contributed by atoms with van der Waals surface area (Å²) >= 11 is 0. The normalized spacial score (nSPS) is 29.2. The Balaban J connectivity index is 1.65. The first-order valence-electron chi connectivity index (χ1n) is 8.48. The third-order valence-corrected chi connectivity index (χ3v) is 5.01. The maximum atomic E-state index is 12.8. The first-order chi connectivity index (χ1) is 10.6. The molecule has 2 aliphatic heterocycles. The van der Waals surface area contributed by atoms with Gasteiger partial charge in [-0.3, -0.25) is 14.4 Å². The summed E-state index contributed by atoms with van der Waals surface area (Å²) < 4.78 is 0. The van der Waals surface area contributed by atoms with Gasteiger partial charge in [-0.15, -0.1) is 0 Å². The van der Waals surface area contributed by atoms with Crippen molar-refractivity contribution in [1.82, 2.24) is 15.1 Å². The van der Waals surface area contributed by atoms with E-state index in [-0.39, 0.29) is 35.6 Å². The Morgan fingerprint density at radius 2 is 1.91 bits per heavy atom. The number of piperidine rings is 1. The van der Waals surface area contributed by atoms with E-state index < -0.39 is 0 Å². The number of carbonyl (C=O) groups is 3. The summed E-state index contributed by atoms with van der Waals surface area (Å²) in [4.78, 5) is 40.6. The predicted molar refractivity (Wildman–Crippen MR) is 80.8 cm³/mol. The van der Waals surface area contributed by atoms with Gasteiger partial charge in [-0.05, 0) is 32.1 Å². The molecule has 122 valence electrons. The van der Waals surface area contributed by atoms with Gasteiger partial charge in [-0.1, -0.05) is 6.92 Å². The molecule has 2 saturated heterocycles. The molecule has 2 atom stereocenters. The molecule has 2 unspecified atom stereocenters. The number of likely N-dealkylation sites (tertiary alicyclic amines) is 1. The van der Waals surface area contributed by atoms with Crippen LogP contribution in [0.1, 0.15) is 39.0 Å². The van der Waals surface area contributed by atoms with Crippen LogP contribution in [0.5, 0.6) is 0 Å². The minimum Gasteiger partial charge on any atom is -0.353 e. The Morgan fingerprint density at radius 3 is 2.59 bits per heavy atom. The predicted octanol–water partition coefficient (Wildman–Crippen LogP) is 0.372. The van der Waals surface area contributed by atoms with Gasteiger partial charge in [0, 0.05) is 32.1 Å². The molecule has 3 aliphatic rings. The van der Waals surface area contributed by atoms with Gasteiger partial charge in [-0.2, -0.15) is 0 Å². The molecule has 1 saturated carbocycles. The van der Waals surface area contributed by atoms with Crippen LogP contribution in [0.25, 0.3) is 0 Å². The number of rotatable bonds is 3. The topological polar surface area (TPSA) is 69.7 Å². The van der Waals surface area contributed by atoms with E-state index in [9.17, 15) is 14.4 Å². The summed E-state index contributed by atoms with van der Waals surface area (Å²) in [5, 5.41) is 2.82. The molecule has 1 aliphatic carbocycles. The zero-order chi connectivity index (χ0) is 15.7. The smallest absolute Gasteiger partial charge is 0.242 e. The number of hydrogen-bond acceptors (Lipinski definition) is 3. The molecule has 0 bridgehead atoms. The van der Waals surface area contributed by atoms with Crippen molar-refractivity contribution in [2.45, 2.75) is 45.1 Å². The van der Waals surface area contributed by atoms with E-state index in [1.807, 2.05) is 11.8 Å². The maximum Gasteiger partial charge on any atom is 0.242 e. The standard InChI is InChI=1S/C16H25N3O3/c1-2-13-14(20)17-7-9-19(13)16(22)12-4-3-8-18(10-12)15(21)11-5-6-11/h11-13H,2-10H2,1H3,(H,17,20). The summed E-state index contributed by atoms with van der Waals surface area (Å²) in [6.07, 6.45) is 4.33. The molecule has 3 fully saturated rings. The number of amides is 3. The fraction of sp³-hybridized carbons (Fsp3) is 0.812. The number of piperazine rings is 1. The Hall–Kier alpha value is -1.59. The second-order valence-corrected chi connectivity index (χ2v) is 6.64.